The summed E-state index contributed by atoms with van der Waals surface area (Å²) in [7, 11) is -1.43. The fourth-order valence-corrected chi connectivity index (χ4v) is 2.87. The van der Waals surface area contributed by atoms with Crippen LogP contribution in [-0.2, 0) is 19.5 Å². The van der Waals surface area contributed by atoms with Gasteiger partial charge in [-0.1, -0.05) is 0 Å². The molecule has 0 aliphatic rings. The molecule has 1 rings (SSSR count). The highest BCUT2D eigenvalue weighted by atomic mass is 32.2. The average Bonchev–Trinajstić information content (AvgIpc) is 2.42. The zero-order valence-electron chi connectivity index (χ0n) is 11.7. The van der Waals surface area contributed by atoms with Crippen LogP contribution >= 0.6 is 0 Å². The first kappa shape index (κ1) is 17.5. The third-order valence-electron chi connectivity index (χ3n) is 2.80. The van der Waals surface area contributed by atoms with E-state index in [2.05, 4.69) is 4.72 Å². The highest BCUT2D eigenvalue weighted by molar-refractivity contribution is 7.89. The normalized spacial score (nSPS) is 11.9. The maximum atomic E-state index is 13.7. The molecule has 1 aromatic rings. The Morgan fingerprint density at radius 2 is 1.95 bits per heavy atom. The number of halogens is 1. The first-order valence-corrected chi connectivity index (χ1v) is 7.30. The molecule has 0 aliphatic carbocycles. The predicted octanol–water partition coefficient (Wildman–Crippen LogP) is 0.730. The zero-order valence-corrected chi connectivity index (χ0v) is 12.5. The van der Waals surface area contributed by atoms with Crippen LogP contribution in [0.3, 0.4) is 0 Å². The SMILES string of the molecule is COC(CNS(=O)(=O)c1cc(C(=O)O)cc(F)c1C)OC. The van der Waals surface area contributed by atoms with Gasteiger partial charge in [-0.15, -0.1) is 0 Å². The van der Waals surface area contributed by atoms with Crippen LogP contribution < -0.4 is 4.72 Å². The molecule has 9 heteroatoms. The van der Waals surface area contributed by atoms with Gasteiger partial charge in [-0.2, -0.15) is 0 Å². The van der Waals surface area contributed by atoms with Gasteiger partial charge in [0.2, 0.25) is 10.0 Å². The minimum absolute atomic E-state index is 0.168. The van der Waals surface area contributed by atoms with E-state index in [1.54, 1.807) is 0 Å². The summed E-state index contributed by atoms with van der Waals surface area (Å²) in [6.07, 6.45) is -0.812. The second-order valence-electron chi connectivity index (χ2n) is 4.14. The minimum Gasteiger partial charge on any atom is -0.478 e. The number of carboxylic acid groups (broad SMARTS) is 1. The molecule has 0 fully saturated rings. The Bertz CT molecular complexity index is 627. The third-order valence-corrected chi connectivity index (χ3v) is 4.35. The van der Waals surface area contributed by atoms with E-state index in [-0.39, 0.29) is 12.1 Å². The van der Waals surface area contributed by atoms with E-state index in [9.17, 15) is 17.6 Å². The second kappa shape index (κ2) is 6.94. The lowest BCUT2D eigenvalue weighted by Gasteiger charge is -2.15. The Balaban J connectivity index is 3.16. The molecule has 21 heavy (non-hydrogen) atoms. The number of rotatable bonds is 7. The Morgan fingerprint density at radius 3 is 2.43 bits per heavy atom. The summed E-state index contributed by atoms with van der Waals surface area (Å²) in [6.45, 7) is 1.05. The molecule has 2 N–H and O–H groups in total. The molecule has 0 radical (unpaired) electrons. The molecule has 118 valence electrons. The number of carbonyl (C=O) groups is 1. The van der Waals surface area contributed by atoms with Crippen LogP contribution in [-0.4, -0.2) is 46.5 Å². The van der Waals surface area contributed by atoms with Gasteiger partial charge in [-0.05, 0) is 19.1 Å². The molecule has 0 aromatic heterocycles. The lowest BCUT2D eigenvalue weighted by Crippen LogP contribution is -2.34. The van der Waals surface area contributed by atoms with Gasteiger partial charge in [-0.25, -0.2) is 22.3 Å². The van der Waals surface area contributed by atoms with E-state index >= 15 is 0 Å². The summed E-state index contributed by atoms with van der Waals surface area (Å²) in [5.41, 5.74) is -0.618. The van der Waals surface area contributed by atoms with E-state index in [1.165, 1.54) is 21.1 Å². The fourth-order valence-electron chi connectivity index (χ4n) is 1.57. The van der Waals surface area contributed by atoms with Crippen LogP contribution in [0.2, 0.25) is 0 Å². The topological polar surface area (TPSA) is 102 Å². The van der Waals surface area contributed by atoms with Crippen LogP contribution in [0.25, 0.3) is 0 Å². The minimum atomic E-state index is -4.10. The van der Waals surface area contributed by atoms with Gasteiger partial charge in [0.1, 0.15) is 5.82 Å². The lowest BCUT2D eigenvalue weighted by molar-refractivity contribution is -0.0960. The van der Waals surface area contributed by atoms with Gasteiger partial charge < -0.3 is 14.6 Å². The average molecular weight is 321 g/mol. The van der Waals surface area contributed by atoms with Gasteiger partial charge in [0.15, 0.2) is 6.29 Å². The van der Waals surface area contributed by atoms with Crippen LogP contribution in [0.4, 0.5) is 4.39 Å². The molecule has 0 saturated heterocycles. The molecule has 0 saturated carbocycles. The van der Waals surface area contributed by atoms with Crippen molar-refractivity contribution in [3.8, 4) is 0 Å². The number of hydrogen-bond acceptors (Lipinski definition) is 5. The maximum absolute atomic E-state index is 13.7. The van der Waals surface area contributed by atoms with Crippen molar-refractivity contribution in [3.63, 3.8) is 0 Å². The van der Waals surface area contributed by atoms with Gasteiger partial charge >= 0.3 is 5.97 Å². The number of nitrogens with one attached hydrogen (secondary N) is 1. The summed E-state index contributed by atoms with van der Waals surface area (Å²) in [4.78, 5) is 10.4. The van der Waals surface area contributed by atoms with E-state index < -0.39 is 38.6 Å². The number of sulfonamides is 1. The smallest absolute Gasteiger partial charge is 0.335 e. The zero-order chi connectivity index (χ0) is 16.2. The maximum Gasteiger partial charge on any atom is 0.335 e. The fraction of sp³-hybridized carbons (Fsp3) is 0.417. The number of carboxylic acids is 1. The monoisotopic (exact) mass is 321 g/mol. The van der Waals surface area contributed by atoms with Crippen molar-refractivity contribution >= 4 is 16.0 Å². The Kier molecular flexibility index (Phi) is 5.78. The number of benzene rings is 1. The molecule has 0 spiro atoms. The second-order valence-corrected chi connectivity index (χ2v) is 5.87. The highest BCUT2D eigenvalue weighted by Crippen LogP contribution is 2.20. The highest BCUT2D eigenvalue weighted by Gasteiger charge is 2.23. The Labute approximate surface area is 121 Å². The molecule has 0 heterocycles. The van der Waals surface area contributed by atoms with Crippen molar-refractivity contribution in [2.45, 2.75) is 18.1 Å². The van der Waals surface area contributed by atoms with Crippen molar-refractivity contribution in [2.75, 3.05) is 20.8 Å². The van der Waals surface area contributed by atoms with Crippen LogP contribution in [0.15, 0.2) is 17.0 Å². The van der Waals surface area contributed by atoms with Crippen molar-refractivity contribution < 1.29 is 32.2 Å². The summed E-state index contributed by atoms with van der Waals surface area (Å²) in [5.74, 6) is -2.33. The summed E-state index contributed by atoms with van der Waals surface area (Å²) >= 11 is 0. The molecule has 7 nitrogen and oxygen atoms in total. The van der Waals surface area contributed by atoms with Crippen LogP contribution in [0.1, 0.15) is 15.9 Å². The van der Waals surface area contributed by atoms with E-state index in [4.69, 9.17) is 14.6 Å². The van der Waals surface area contributed by atoms with Crippen molar-refractivity contribution in [1.29, 1.82) is 0 Å². The van der Waals surface area contributed by atoms with Crippen molar-refractivity contribution in [3.05, 3.63) is 29.1 Å². The molecule has 1 aromatic carbocycles. The number of hydrogen-bond donors (Lipinski definition) is 2. The third kappa shape index (κ3) is 4.21. The molecule has 0 unspecified atom stereocenters. The summed E-state index contributed by atoms with van der Waals surface area (Å²) in [5, 5.41) is 8.86. The summed E-state index contributed by atoms with van der Waals surface area (Å²) < 4.78 is 49.8. The Morgan fingerprint density at radius 1 is 1.38 bits per heavy atom. The number of methoxy groups -OCH3 is 2. The van der Waals surface area contributed by atoms with Gasteiger partial charge in [0.05, 0.1) is 17.0 Å². The molecule has 0 bridgehead atoms. The largest absolute Gasteiger partial charge is 0.478 e. The number of ether oxygens (including phenoxy) is 2. The first-order valence-electron chi connectivity index (χ1n) is 5.81. The summed E-state index contributed by atoms with van der Waals surface area (Å²) in [6, 6.07) is 1.67. The predicted molar refractivity (Wildman–Crippen MR) is 71.1 cm³/mol. The first-order chi connectivity index (χ1) is 9.72. The van der Waals surface area contributed by atoms with E-state index in [0.717, 1.165) is 12.1 Å². The van der Waals surface area contributed by atoms with Crippen molar-refractivity contribution in [2.24, 2.45) is 0 Å². The van der Waals surface area contributed by atoms with Crippen molar-refractivity contribution in [1.82, 2.24) is 4.72 Å². The lowest BCUT2D eigenvalue weighted by atomic mass is 10.1. The van der Waals surface area contributed by atoms with Gasteiger partial charge in [-0.3, -0.25) is 0 Å². The quantitative estimate of drug-likeness (QED) is 0.718. The standard InChI is InChI=1S/C12H16FNO6S/c1-7-9(13)4-8(12(15)16)5-10(7)21(17,18)14-6-11(19-2)20-3/h4-5,11,14H,6H2,1-3H3,(H,15,16). The Hall–Kier alpha value is -1.55. The van der Waals surface area contributed by atoms with E-state index in [0.29, 0.717) is 0 Å². The molecule has 0 aliphatic heterocycles. The molecule has 0 amide bonds. The van der Waals surface area contributed by atoms with Crippen LogP contribution in [0.5, 0.6) is 0 Å². The van der Waals surface area contributed by atoms with Crippen LogP contribution in [0, 0.1) is 12.7 Å². The molecular weight excluding hydrogens is 305 g/mol. The van der Waals surface area contributed by atoms with Gasteiger partial charge in [0, 0.05) is 19.8 Å². The van der Waals surface area contributed by atoms with E-state index in [1.807, 2.05) is 0 Å². The number of aromatic carboxylic acids is 1. The van der Waals surface area contributed by atoms with Gasteiger partial charge in [0.25, 0.3) is 0 Å². The molecule has 0 atom stereocenters. The molecular formula is C12H16FNO6S.